The van der Waals surface area contributed by atoms with Crippen molar-refractivity contribution >= 4 is 40.9 Å². The van der Waals surface area contributed by atoms with Crippen molar-refractivity contribution in [3.63, 3.8) is 0 Å². The molecule has 0 spiro atoms. The lowest BCUT2D eigenvalue weighted by Gasteiger charge is -2.06. The molecule has 1 N–H and O–H groups in total. The van der Waals surface area contributed by atoms with Crippen molar-refractivity contribution in [3.05, 3.63) is 29.0 Å². The van der Waals surface area contributed by atoms with Crippen molar-refractivity contribution in [2.45, 2.75) is 6.92 Å². The van der Waals surface area contributed by atoms with Crippen LogP contribution in [0.3, 0.4) is 0 Å². The van der Waals surface area contributed by atoms with Gasteiger partial charge < -0.3 is 10.1 Å². The third-order valence-corrected chi connectivity index (χ3v) is 3.10. The number of amides is 1. The number of hydrogen-bond acceptors (Lipinski definition) is 4. The summed E-state index contributed by atoms with van der Waals surface area (Å²) in [5.41, 5.74) is 0.0224. The predicted molar refractivity (Wildman–Crippen MR) is 74.0 cm³/mol. The molecule has 0 aliphatic carbocycles. The van der Waals surface area contributed by atoms with Gasteiger partial charge in [0.15, 0.2) is 0 Å². The Balaban J connectivity index is 2.39. The molecule has 1 aromatic rings. The van der Waals surface area contributed by atoms with Crippen LogP contribution in [0.1, 0.15) is 6.92 Å². The molecule has 0 aliphatic heterocycles. The van der Waals surface area contributed by atoms with Crippen LogP contribution < -0.4 is 5.32 Å². The molecular formula is C12H13ClFNO3S. The summed E-state index contributed by atoms with van der Waals surface area (Å²) in [6, 6.07) is 3.89. The third kappa shape index (κ3) is 5.94. The fourth-order valence-electron chi connectivity index (χ4n) is 1.21. The summed E-state index contributed by atoms with van der Waals surface area (Å²) in [4.78, 5) is 22.6. The van der Waals surface area contributed by atoms with E-state index in [-0.39, 0.29) is 23.2 Å². The first kappa shape index (κ1) is 15.8. The van der Waals surface area contributed by atoms with Crippen LogP contribution in [-0.4, -0.2) is 30.0 Å². The van der Waals surface area contributed by atoms with Crippen LogP contribution in [0, 0.1) is 5.82 Å². The minimum atomic E-state index is -0.562. The van der Waals surface area contributed by atoms with E-state index in [1.807, 2.05) is 0 Å². The minimum Gasteiger partial charge on any atom is -0.465 e. The molecule has 0 aliphatic rings. The van der Waals surface area contributed by atoms with Crippen molar-refractivity contribution in [3.8, 4) is 0 Å². The summed E-state index contributed by atoms with van der Waals surface area (Å²) in [5.74, 6) is -1.23. The maximum Gasteiger partial charge on any atom is 0.315 e. The Bertz CT molecular complexity index is 470. The molecule has 104 valence electrons. The van der Waals surface area contributed by atoms with Gasteiger partial charge in [-0.25, -0.2) is 4.39 Å². The number of halogens is 2. The monoisotopic (exact) mass is 305 g/mol. The number of ether oxygens (including phenoxy) is 1. The molecule has 0 aromatic heterocycles. The van der Waals surface area contributed by atoms with E-state index in [0.717, 1.165) is 11.8 Å². The molecule has 0 unspecified atom stereocenters. The number of anilines is 1. The van der Waals surface area contributed by atoms with E-state index in [9.17, 15) is 14.0 Å². The fourth-order valence-corrected chi connectivity index (χ4v) is 1.99. The molecule has 0 saturated heterocycles. The van der Waals surface area contributed by atoms with Crippen LogP contribution >= 0.6 is 23.4 Å². The number of nitrogens with one attached hydrogen (secondary N) is 1. The molecule has 0 saturated carbocycles. The van der Waals surface area contributed by atoms with Crippen LogP contribution in [-0.2, 0) is 14.3 Å². The predicted octanol–water partition coefficient (Wildman–Crippen LogP) is 2.71. The van der Waals surface area contributed by atoms with E-state index in [4.69, 9.17) is 16.3 Å². The van der Waals surface area contributed by atoms with Crippen molar-refractivity contribution in [1.82, 2.24) is 0 Å². The lowest BCUT2D eigenvalue weighted by molar-refractivity contribution is -0.139. The van der Waals surface area contributed by atoms with Gasteiger partial charge in [-0.3, -0.25) is 9.59 Å². The molecule has 0 heterocycles. The highest BCUT2D eigenvalue weighted by atomic mass is 35.5. The Hall–Kier alpha value is -1.27. The van der Waals surface area contributed by atoms with E-state index in [1.165, 1.54) is 18.2 Å². The van der Waals surface area contributed by atoms with Gasteiger partial charge in [0.2, 0.25) is 5.91 Å². The van der Waals surface area contributed by atoms with Crippen LogP contribution in [0.15, 0.2) is 18.2 Å². The first-order valence-corrected chi connectivity index (χ1v) is 7.04. The van der Waals surface area contributed by atoms with Gasteiger partial charge in [-0.2, -0.15) is 0 Å². The van der Waals surface area contributed by atoms with Gasteiger partial charge in [0.25, 0.3) is 0 Å². The fraction of sp³-hybridized carbons (Fsp3) is 0.333. The van der Waals surface area contributed by atoms with Gasteiger partial charge >= 0.3 is 5.97 Å². The van der Waals surface area contributed by atoms with Gasteiger partial charge in [-0.15, -0.1) is 11.8 Å². The minimum absolute atomic E-state index is 0.0224. The van der Waals surface area contributed by atoms with Crippen LogP contribution in [0.4, 0.5) is 10.1 Å². The second-order valence-corrected chi connectivity index (χ2v) is 4.89. The van der Waals surface area contributed by atoms with E-state index in [2.05, 4.69) is 5.32 Å². The van der Waals surface area contributed by atoms with Gasteiger partial charge in [0.1, 0.15) is 5.82 Å². The molecule has 1 rings (SSSR count). The SMILES string of the molecule is CCOC(=O)CSCC(=O)Nc1cc(Cl)ccc1F. The molecule has 4 nitrogen and oxygen atoms in total. The highest BCUT2D eigenvalue weighted by molar-refractivity contribution is 8.00. The van der Waals surface area contributed by atoms with Gasteiger partial charge in [0.05, 0.1) is 23.8 Å². The molecule has 0 atom stereocenters. The number of rotatable bonds is 6. The zero-order valence-electron chi connectivity index (χ0n) is 10.2. The zero-order chi connectivity index (χ0) is 14.3. The smallest absolute Gasteiger partial charge is 0.315 e. The van der Waals surface area contributed by atoms with E-state index >= 15 is 0 Å². The van der Waals surface area contributed by atoms with Gasteiger partial charge in [0, 0.05) is 5.02 Å². The Labute approximate surface area is 119 Å². The lowest BCUT2D eigenvalue weighted by atomic mass is 10.3. The topological polar surface area (TPSA) is 55.4 Å². The number of hydrogen-bond donors (Lipinski definition) is 1. The average Bonchev–Trinajstić information content (AvgIpc) is 2.34. The van der Waals surface area contributed by atoms with Gasteiger partial charge in [-0.05, 0) is 25.1 Å². The standard InChI is InChI=1S/C12H13ClFNO3S/c1-2-18-12(17)7-19-6-11(16)15-10-5-8(13)3-4-9(10)14/h3-5H,2,6-7H2,1H3,(H,15,16). The maximum atomic E-state index is 13.3. The molecule has 1 amide bonds. The second-order valence-electron chi connectivity index (χ2n) is 3.47. The van der Waals surface area contributed by atoms with Gasteiger partial charge in [-0.1, -0.05) is 11.6 Å². The average molecular weight is 306 g/mol. The maximum absolute atomic E-state index is 13.3. The van der Waals surface area contributed by atoms with E-state index < -0.39 is 11.7 Å². The number of carbonyl (C=O) groups excluding carboxylic acids is 2. The zero-order valence-corrected chi connectivity index (χ0v) is 11.8. The normalized spacial score (nSPS) is 10.1. The molecule has 19 heavy (non-hydrogen) atoms. The summed E-state index contributed by atoms with van der Waals surface area (Å²) in [7, 11) is 0. The Kier molecular flexibility index (Phi) is 6.66. The number of thioether (sulfide) groups is 1. The Morgan fingerprint density at radius 3 is 2.84 bits per heavy atom. The van der Waals surface area contributed by atoms with Crippen LogP contribution in [0.5, 0.6) is 0 Å². The summed E-state index contributed by atoms with van der Waals surface area (Å²) in [6.45, 7) is 2.01. The van der Waals surface area contributed by atoms with Crippen molar-refractivity contribution in [2.75, 3.05) is 23.4 Å². The quantitative estimate of drug-likeness (QED) is 0.821. The summed E-state index contributed by atoms with van der Waals surface area (Å²) < 4.78 is 18.0. The lowest BCUT2D eigenvalue weighted by Crippen LogP contribution is -2.17. The highest BCUT2D eigenvalue weighted by Gasteiger charge is 2.09. The number of carbonyl (C=O) groups is 2. The third-order valence-electron chi connectivity index (χ3n) is 1.96. The Morgan fingerprint density at radius 2 is 2.16 bits per heavy atom. The first-order valence-electron chi connectivity index (χ1n) is 5.51. The highest BCUT2D eigenvalue weighted by Crippen LogP contribution is 2.19. The second kappa shape index (κ2) is 8.01. The molecule has 0 bridgehead atoms. The Morgan fingerprint density at radius 1 is 1.42 bits per heavy atom. The summed E-state index contributed by atoms with van der Waals surface area (Å²) in [6.07, 6.45) is 0. The van der Waals surface area contributed by atoms with Crippen molar-refractivity contribution in [2.24, 2.45) is 0 Å². The number of benzene rings is 1. The molecule has 0 fully saturated rings. The van der Waals surface area contributed by atoms with Crippen LogP contribution in [0.2, 0.25) is 5.02 Å². The molecule has 1 aromatic carbocycles. The van der Waals surface area contributed by atoms with Crippen LogP contribution in [0.25, 0.3) is 0 Å². The largest absolute Gasteiger partial charge is 0.465 e. The van der Waals surface area contributed by atoms with E-state index in [1.54, 1.807) is 6.92 Å². The molecular weight excluding hydrogens is 293 g/mol. The van der Waals surface area contributed by atoms with Crippen molar-refractivity contribution in [1.29, 1.82) is 0 Å². The first-order chi connectivity index (χ1) is 9.02. The summed E-state index contributed by atoms with van der Waals surface area (Å²) in [5, 5.41) is 2.71. The molecule has 0 radical (unpaired) electrons. The summed E-state index contributed by atoms with van der Waals surface area (Å²) >= 11 is 6.79. The molecule has 7 heteroatoms. The van der Waals surface area contributed by atoms with Crippen molar-refractivity contribution < 1.29 is 18.7 Å². The van der Waals surface area contributed by atoms with E-state index in [0.29, 0.717) is 11.6 Å². The number of esters is 1.